The van der Waals surface area contributed by atoms with E-state index >= 15 is 0 Å². The van der Waals surface area contributed by atoms with E-state index in [4.69, 9.17) is 34.3 Å². The number of carbonyl (C=O) groups is 3. The minimum atomic E-state index is -2.27. The highest BCUT2D eigenvalue weighted by atomic mass is 16.6. The molecule has 3 atom stereocenters. The van der Waals surface area contributed by atoms with E-state index in [-0.39, 0.29) is 17.7 Å². The molecular weight excluding hydrogens is 452 g/mol. The van der Waals surface area contributed by atoms with Crippen LogP contribution in [0.2, 0.25) is 0 Å². The lowest BCUT2D eigenvalue weighted by atomic mass is 10.2. The topological polar surface area (TPSA) is 226 Å². The third-order valence-electron chi connectivity index (χ3n) is 4.34. The normalized spacial score (nSPS) is 20.6. The molecule has 2 aliphatic rings. The van der Waals surface area contributed by atoms with Crippen LogP contribution in [0, 0.1) is 10.1 Å². The summed E-state index contributed by atoms with van der Waals surface area (Å²) in [4.78, 5) is 43.4. The number of hydrazone groups is 1. The van der Waals surface area contributed by atoms with Crippen LogP contribution in [-0.2, 0) is 19.1 Å². The Bertz CT molecular complexity index is 863. The molecule has 1 amide bonds. The van der Waals surface area contributed by atoms with Gasteiger partial charge >= 0.3 is 23.9 Å². The van der Waals surface area contributed by atoms with Crippen molar-refractivity contribution in [3.05, 3.63) is 28.0 Å². The molecule has 1 aromatic rings. The summed E-state index contributed by atoms with van der Waals surface area (Å²) in [6.45, 7) is 3.95. The zero-order chi connectivity index (χ0) is 24.5. The lowest BCUT2D eigenvalue weighted by Gasteiger charge is -2.27. The van der Waals surface area contributed by atoms with Crippen molar-refractivity contribution in [3.8, 4) is 0 Å². The Labute approximate surface area is 185 Å². The number of aliphatic carboxylic acids is 2. The second-order valence-corrected chi connectivity index (χ2v) is 6.74. The van der Waals surface area contributed by atoms with Crippen LogP contribution < -0.4 is 0 Å². The van der Waals surface area contributed by atoms with Crippen molar-refractivity contribution < 1.29 is 53.6 Å². The predicted molar refractivity (Wildman–Crippen MR) is 104 cm³/mol. The number of carboxylic acids is 2. The number of hydrogen-bond acceptors (Lipinski definition) is 12. The molecule has 2 saturated heterocycles. The summed E-state index contributed by atoms with van der Waals surface area (Å²) < 4.78 is 15.5. The SMILES string of the molecule is O=C(O)C(O)[C@@H](O)C(=O)O.O=C1O[C@H](CN2CCOCC2)CN1/N=C\c1ccc([N+](=O)[O-])o1. The lowest BCUT2D eigenvalue weighted by Crippen LogP contribution is -2.41. The molecule has 0 spiro atoms. The first-order chi connectivity index (χ1) is 15.6. The van der Waals surface area contributed by atoms with Gasteiger partial charge in [0.2, 0.25) is 0 Å². The van der Waals surface area contributed by atoms with Gasteiger partial charge < -0.3 is 34.3 Å². The Balaban J connectivity index is 0.000000328. The minimum absolute atomic E-state index is 0.195. The number of carboxylic acid groups (broad SMARTS) is 2. The standard InChI is InChI=1S/C13H16N4O6.C4H6O6/c18-13-16(14-7-10-1-2-12(22-10)17(19)20)9-11(23-13)8-15-3-5-21-6-4-15;5-1(3(7)8)2(6)4(9)10/h1-2,7,11H,3-6,8-9H2;1-2,5-6H,(H,7,8)(H,9,10)/b14-7-;/t11-;1-,2?/m11/s1. The fourth-order valence-corrected chi connectivity index (χ4v) is 2.68. The summed E-state index contributed by atoms with van der Waals surface area (Å²) in [6, 6.07) is 2.64. The monoisotopic (exact) mass is 474 g/mol. The summed E-state index contributed by atoms with van der Waals surface area (Å²) in [5, 5.41) is 48.2. The largest absolute Gasteiger partial charge is 0.479 e. The van der Waals surface area contributed by atoms with E-state index in [9.17, 15) is 24.5 Å². The zero-order valence-electron chi connectivity index (χ0n) is 17.1. The molecule has 2 aliphatic heterocycles. The van der Waals surface area contributed by atoms with Gasteiger partial charge in [-0.05, 0) is 6.07 Å². The van der Waals surface area contributed by atoms with E-state index in [1.807, 2.05) is 0 Å². The van der Waals surface area contributed by atoms with Crippen LogP contribution in [0.15, 0.2) is 21.7 Å². The number of cyclic esters (lactones) is 1. The Morgan fingerprint density at radius 2 is 1.82 bits per heavy atom. The average Bonchev–Trinajstić information content (AvgIpc) is 3.38. The quantitative estimate of drug-likeness (QED) is 0.192. The molecule has 1 aromatic heterocycles. The van der Waals surface area contributed by atoms with Crippen molar-refractivity contribution in [3.63, 3.8) is 0 Å². The Morgan fingerprint density at radius 3 is 2.33 bits per heavy atom. The van der Waals surface area contributed by atoms with Gasteiger partial charge in [-0.1, -0.05) is 0 Å². The number of furan rings is 1. The third kappa shape index (κ3) is 7.79. The molecule has 16 heteroatoms. The number of morpholine rings is 1. The van der Waals surface area contributed by atoms with Gasteiger partial charge in [0.15, 0.2) is 18.0 Å². The maximum absolute atomic E-state index is 11.8. The molecule has 1 unspecified atom stereocenters. The van der Waals surface area contributed by atoms with E-state index in [0.29, 0.717) is 26.3 Å². The van der Waals surface area contributed by atoms with Crippen molar-refractivity contribution in [1.29, 1.82) is 0 Å². The van der Waals surface area contributed by atoms with Crippen molar-refractivity contribution in [2.45, 2.75) is 18.3 Å². The van der Waals surface area contributed by atoms with Crippen LogP contribution in [0.4, 0.5) is 10.7 Å². The summed E-state index contributed by atoms with van der Waals surface area (Å²) in [5.74, 6) is -3.72. The molecule has 0 radical (unpaired) electrons. The maximum atomic E-state index is 11.8. The molecular formula is C17H22N4O12. The van der Waals surface area contributed by atoms with Crippen molar-refractivity contribution >= 4 is 30.1 Å². The summed E-state index contributed by atoms with van der Waals surface area (Å²) >= 11 is 0. The van der Waals surface area contributed by atoms with Crippen molar-refractivity contribution in [2.75, 3.05) is 39.4 Å². The van der Waals surface area contributed by atoms with E-state index in [1.54, 1.807) is 0 Å². The third-order valence-corrected chi connectivity index (χ3v) is 4.34. The van der Waals surface area contributed by atoms with E-state index in [2.05, 4.69) is 10.0 Å². The van der Waals surface area contributed by atoms with Gasteiger partial charge in [0.05, 0.1) is 32.0 Å². The molecule has 0 aromatic carbocycles. The number of nitrogens with zero attached hydrogens (tertiary/aromatic N) is 4. The first-order valence-electron chi connectivity index (χ1n) is 9.46. The summed E-state index contributed by atoms with van der Waals surface area (Å²) in [7, 11) is 0. The number of amides is 1. The van der Waals surface area contributed by atoms with Gasteiger partial charge in [0.1, 0.15) is 11.0 Å². The number of nitro groups is 1. The van der Waals surface area contributed by atoms with Crippen LogP contribution in [-0.4, -0.2) is 117 Å². The van der Waals surface area contributed by atoms with Gasteiger partial charge in [-0.25, -0.2) is 14.4 Å². The van der Waals surface area contributed by atoms with Crippen LogP contribution >= 0.6 is 0 Å². The molecule has 2 fully saturated rings. The Kier molecular flexibility index (Phi) is 9.22. The van der Waals surface area contributed by atoms with E-state index in [0.717, 1.165) is 13.1 Å². The number of aliphatic hydroxyl groups is 2. The number of aliphatic hydroxyl groups excluding tert-OH is 2. The molecule has 33 heavy (non-hydrogen) atoms. The van der Waals surface area contributed by atoms with Gasteiger partial charge in [0.25, 0.3) is 0 Å². The van der Waals surface area contributed by atoms with Gasteiger partial charge in [0, 0.05) is 19.6 Å². The highest BCUT2D eigenvalue weighted by Gasteiger charge is 2.33. The number of rotatable bonds is 8. The van der Waals surface area contributed by atoms with Crippen LogP contribution in [0.5, 0.6) is 0 Å². The number of ether oxygens (including phenoxy) is 2. The Morgan fingerprint density at radius 1 is 1.21 bits per heavy atom. The fourth-order valence-electron chi connectivity index (χ4n) is 2.68. The minimum Gasteiger partial charge on any atom is -0.479 e. The van der Waals surface area contributed by atoms with Gasteiger partial charge in [-0.3, -0.25) is 15.0 Å². The average molecular weight is 474 g/mol. The summed E-state index contributed by atoms with van der Waals surface area (Å²) in [5.41, 5.74) is 0. The predicted octanol–water partition coefficient (Wildman–Crippen LogP) is -1.45. The molecule has 3 heterocycles. The number of carbonyl (C=O) groups excluding carboxylic acids is 1. The van der Waals surface area contributed by atoms with Crippen LogP contribution in [0.25, 0.3) is 0 Å². The highest BCUT2D eigenvalue weighted by Crippen LogP contribution is 2.16. The van der Waals surface area contributed by atoms with Gasteiger partial charge in [-0.2, -0.15) is 10.1 Å². The molecule has 0 aliphatic carbocycles. The highest BCUT2D eigenvalue weighted by molar-refractivity contribution is 5.83. The zero-order valence-corrected chi connectivity index (χ0v) is 17.1. The maximum Gasteiger partial charge on any atom is 0.433 e. The smallest absolute Gasteiger partial charge is 0.433 e. The van der Waals surface area contributed by atoms with Crippen LogP contribution in [0.1, 0.15) is 5.76 Å². The van der Waals surface area contributed by atoms with Gasteiger partial charge in [-0.15, -0.1) is 0 Å². The second-order valence-electron chi connectivity index (χ2n) is 6.74. The number of hydrogen-bond donors (Lipinski definition) is 4. The summed E-state index contributed by atoms with van der Waals surface area (Å²) in [6.07, 6.45) is -4.08. The van der Waals surface area contributed by atoms with E-state index < -0.39 is 35.2 Å². The fraction of sp³-hybridized carbons (Fsp3) is 0.529. The molecule has 16 nitrogen and oxygen atoms in total. The molecule has 3 rings (SSSR count). The molecule has 4 N–H and O–H groups in total. The molecule has 0 saturated carbocycles. The first kappa shape index (κ1) is 25.7. The second kappa shape index (κ2) is 11.9. The molecule has 182 valence electrons. The van der Waals surface area contributed by atoms with E-state index in [1.165, 1.54) is 23.4 Å². The lowest BCUT2D eigenvalue weighted by molar-refractivity contribution is -0.402. The van der Waals surface area contributed by atoms with Crippen LogP contribution in [0.3, 0.4) is 0 Å². The Hall–Kier alpha value is -3.60. The van der Waals surface area contributed by atoms with Crippen molar-refractivity contribution in [2.24, 2.45) is 5.10 Å². The van der Waals surface area contributed by atoms with Crippen molar-refractivity contribution in [1.82, 2.24) is 9.91 Å². The first-order valence-corrected chi connectivity index (χ1v) is 9.46. The molecule has 0 bridgehead atoms.